The predicted octanol–water partition coefficient (Wildman–Crippen LogP) is 1.79. The van der Waals surface area contributed by atoms with Gasteiger partial charge in [0.05, 0.1) is 6.10 Å². The van der Waals surface area contributed by atoms with Gasteiger partial charge in [-0.2, -0.15) is 5.26 Å². The highest BCUT2D eigenvalue weighted by Crippen LogP contribution is 2.28. The summed E-state index contributed by atoms with van der Waals surface area (Å²) in [6, 6.07) is 6.55. The van der Waals surface area contributed by atoms with Crippen molar-refractivity contribution in [2.24, 2.45) is 0 Å². The Hall–Kier alpha value is -1.58. The number of nitrogens with one attached hydrogen (secondary N) is 1. The number of sulfonamides is 1. The SMILES string of the molecule is CC(C)Oc1cccc(S(=O)(=O)NC2CC2)c1C#N. The summed E-state index contributed by atoms with van der Waals surface area (Å²) in [7, 11) is -3.65. The molecule has 102 valence electrons. The van der Waals surface area contributed by atoms with Gasteiger partial charge in [0.15, 0.2) is 0 Å². The fourth-order valence-electron chi connectivity index (χ4n) is 1.68. The first-order chi connectivity index (χ1) is 8.94. The van der Waals surface area contributed by atoms with Crippen LogP contribution in [0, 0.1) is 11.3 Å². The van der Waals surface area contributed by atoms with Crippen molar-refractivity contribution in [2.75, 3.05) is 0 Å². The van der Waals surface area contributed by atoms with Gasteiger partial charge in [0, 0.05) is 6.04 Å². The fourth-order valence-corrected chi connectivity index (χ4v) is 3.16. The molecule has 0 radical (unpaired) electrons. The zero-order chi connectivity index (χ0) is 14.0. The largest absolute Gasteiger partial charge is 0.490 e. The molecule has 1 saturated carbocycles. The molecule has 6 heteroatoms. The van der Waals surface area contributed by atoms with Gasteiger partial charge < -0.3 is 4.74 Å². The molecule has 0 unspecified atom stereocenters. The number of rotatable bonds is 5. The van der Waals surface area contributed by atoms with Gasteiger partial charge in [0.25, 0.3) is 0 Å². The summed E-state index contributed by atoms with van der Waals surface area (Å²) in [4.78, 5) is -0.0138. The van der Waals surface area contributed by atoms with Crippen LogP contribution in [0.4, 0.5) is 0 Å². The molecule has 0 spiro atoms. The highest BCUT2D eigenvalue weighted by molar-refractivity contribution is 7.89. The molecule has 1 aliphatic carbocycles. The van der Waals surface area contributed by atoms with E-state index in [-0.39, 0.29) is 22.6 Å². The zero-order valence-corrected chi connectivity index (χ0v) is 11.7. The smallest absolute Gasteiger partial charge is 0.242 e. The molecule has 0 heterocycles. The third kappa shape index (κ3) is 3.25. The molecule has 0 saturated heterocycles. The highest BCUT2D eigenvalue weighted by Gasteiger charge is 2.30. The average Bonchev–Trinajstić information content (AvgIpc) is 3.11. The molecule has 0 bridgehead atoms. The first-order valence-corrected chi connectivity index (χ1v) is 7.64. The fraction of sp³-hybridized carbons (Fsp3) is 0.462. The Bertz CT molecular complexity index is 613. The van der Waals surface area contributed by atoms with Crippen molar-refractivity contribution in [3.63, 3.8) is 0 Å². The molecule has 0 amide bonds. The monoisotopic (exact) mass is 280 g/mol. The zero-order valence-electron chi connectivity index (χ0n) is 10.9. The van der Waals surface area contributed by atoms with Gasteiger partial charge in [-0.05, 0) is 38.8 Å². The molecule has 1 aliphatic rings. The Labute approximate surface area is 113 Å². The van der Waals surface area contributed by atoms with Crippen molar-refractivity contribution in [3.8, 4) is 11.8 Å². The Balaban J connectivity index is 2.42. The molecule has 0 aromatic heterocycles. The van der Waals surface area contributed by atoms with Crippen LogP contribution in [0.1, 0.15) is 32.3 Å². The Morgan fingerprint density at radius 1 is 1.42 bits per heavy atom. The van der Waals surface area contributed by atoms with Crippen molar-refractivity contribution in [1.29, 1.82) is 5.26 Å². The Kier molecular flexibility index (Phi) is 3.78. The van der Waals surface area contributed by atoms with Crippen LogP contribution in [-0.2, 0) is 10.0 Å². The number of hydrogen-bond acceptors (Lipinski definition) is 4. The summed E-state index contributed by atoms with van der Waals surface area (Å²) in [5.41, 5.74) is 0.0596. The number of hydrogen-bond donors (Lipinski definition) is 1. The van der Waals surface area contributed by atoms with E-state index in [1.807, 2.05) is 19.9 Å². The van der Waals surface area contributed by atoms with Crippen LogP contribution in [0.2, 0.25) is 0 Å². The maximum Gasteiger partial charge on any atom is 0.242 e. The normalized spacial score (nSPS) is 15.3. The molecule has 19 heavy (non-hydrogen) atoms. The third-order valence-corrected chi connectivity index (χ3v) is 4.21. The van der Waals surface area contributed by atoms with Gasteiger partial charge in [0.1, 0.15) is 22.3 Å². The lowest BCUT2D eigenvalue weighted by molar-refractivity contribution is 0.241. The van der Waals surface area contributed by atoms with Crippen LogP contribution in [-0.4, -0.2) is 20.6 Å². The van der Waals surface area contributed by atoms with E-state index in [0.29, 0.717) is 5.75 Å². The second kappa shape index (κ2) is 5.19. The lowest BCUT2D eigenvalue weighted by atomic mass is 10.2. The van der Waals surface area contributed by atoms with Gasteiger partial charge >= 0.3 is 0 Å². The van der Waals surface area contributed by atoms with Crippen molar-refractivity contribution in [1.82, 2.24) is 4.72 Å². The molecular formula is C13H16N2O3S. The number of ether oxygens (including phenoxy) is 1. The minimum Gasteiger partial charge on any atom is -0.490 e. The van der Waals surface area contributed by atoms with Gasteiger partial charge in [-0.3, -0.25) is 0 Å². The summed E-state index contributed by atoms with van der Waals surface area (Å²) in [6.07, 6.45) is 1.58. The topological polar surface area (TPSA) is 79.2 Å². The van der Waals surface area contributed by atoms with Crippen LogP contribution < -0.4 is 9.46 Å². The summed E-state index contributed by atoms with van der Waals surface area (Å²) >= 11 is 0. The van der Waals surface area contributed by atoms with Crippen molar-refractivity contribution in [3.05, 3.63) is 23.8 Å². The second-order valence-electron chi connectivity index (χ2n) is 4.80. The quantitative estimate of drug-likeness (QED) is 0.891. The van der Waals surface area contributed by atoms with Crippen molar-refractivity contribution in [2.45, 2.75) is 43.7 Å². The van der Waals surface area contributed by atoms with E-state index in [1.54, 1.807) is 12.1 Å². The van der Waals surface area contributed by atoms with E-state index in [0.717, 1.165) is 12.8 Å². The van der Waals surface area contributed by atoms with Crippen molar-refractivity contribution >= 4 is 10.0 Å². The summed E-state index contributed by atoms with van der Waals surface area (Å²) in [5, 5.41) is 9.20. The molecule has 1 N–H and O–H groups in total. The van der Waals surface area contributed by atoms with Gasteiger partial charge in [-0.15, -0.1) is 0 Å². The molecule has 0 atom stereocenters. The molecule has 1 aromatic carbocycles. The van der Waals surface area contributed by atoms with Crippen LogP contribution >= 0.6 is 0 Å². The minimum absolute atomic E-state index is 0.00576. The van der Waals surface area contributed by atoms with Crippen LogP contribution in [0.15, 0.2) is 23.1 Å². The van der Waals surface area contributed by atoms with E-state index in [2.05, 4.69) is 4.72 Å². The Morgan fingerprint density at radius 3 is 2.63 bits per heavy atom. The molecule has 1 aromatic rings. The lowest BCUT2D eigenvalue weighted by Crippen LogP contribution is -2.26. The third-order valence-electron chi connectivity index (χ3n) is 2.65. The summed E-state index contributed by atoms with van der Waals surface area (Å²) < 4.78 is 32.4. The van der Waals surface area contributed by atoms with Gasteiger partial charge in [-0.25, -0.2) is 13.1 Å². The Morgan fingerprint density at radius 2 is 2.11 bits per heavy atom. The van der Waals surface area contributed by atoms with E-state index in [1.165, 1.54) is 6.07 Å². The predicted molar refractivity (Wildman–Crippen MR) is 70.3 cm³/mol. The molecular weight excluding hydrogens is 264 g/mol. The molecule has 0 aliphatic heterocycles. The second-order valence-corrected chi connectivity index (χ2v) is 6.49. The minimum atomic E-state index is -3.65. The molecule has 2 rings (SSSR count). The number of nitrogens with zero attached hydrogens (tertiary/aromatic N) is 1. The number of benzene rings is 1. The van der Waals surface area contributed by atoms with Crippen LogP contribution in [0.3, 0.4) is 0 Å². The highest BCUT2D eigenvalue weighted by atomic mass is 32.2. The lowest BCUT2D eigenvalue weighted by Gasteiger charge is -2.14. The molecule has 5 nitrogen and oxygen atoms in total. The summed E-state index contributed by atoms with van der Waals surface area (Å²) in [6.45, 7) is 3.65. The molecule has 1 fully saturated rings. The standard InChI is InChI=1S/C13H16N2O3S/c1-9(2)18-12-4-3-5-13(11(12)8-14)19(16,17)15-10-6-7-10/h3-5,9-10,15H,6-7H2,1-2H3. The first kappa shape index (κ1) is 13.8. The maximum atomic E-state index is 12.2. The van der Waals surface area contributed by atoms with Gasteiger partial charge in [0.2, 0.25) is 10.0 Å². The van der Waals surface area contributed by atoms with E-state index in [4.69, 9.17) is 4.74 Å². The average molecular weight is 280 g/mol. The summed E-state index contributed by atoms with van der Waals surface area (Å²) in [5.74, 6) is 0.302. The van der Waals surface area contributed by atoms with Crippen molar-refractivity contribution < 1.29 is 13.2 Å². The van der Waals surface area contributed by atoms with Crippen LogP contribution in [0.25, 0.3) is 0 Å². The van der Waals surface area contributed by atoms with E-state index in [9.17, 15) is 13.7 Å². The first-order valence-electron chi connectivity index (χ1n) is 6.16. The van der Waals surface area contributed by atoms with E-state index < -0.39 is 10.0 Å². The number of nitriles is 1. The van der Waals surface area contributed by atoms with Gasteiger partial charge in [-0.1, -0.05) is 6.07 Å². The maximum absolute atomic E-state index is 12.2. The van der Waals surface area contributed by atoms with E-state index >= 15 is 0 Å². The van der Waals surface area contributed by atoms with Crippen LogP contribution in [0.5, 0.6) is 5.75 Å².